The summed E-state index contributed by atoms with van der Waals surface area (Å²) in [5, 5.41) is 0.339. The molecule has 0 N–H and O–H groups in total. The number of aliphatic imine (C=N–C) groups is 1. The normalized spacial score (nSPS) is 37.8. The number of hydrogen-bond donors (Lipinski definition) is 0. The van der Waals surface area contributed by atoms with E-state index in [0.29, 0.717) is 5.17 Å². The van der Waals surface area contributed by atoms with Crippen molar-refractivity contribution in [3.05, 3.63) is 11.8 Å². The number of carbonyl (C=O) groups is 1. The highest BCUT2D eigenvalue weighted by atomic mass is 35.5. The maximum atomic E-state index is 11.8. The van der Waals surface area contributed by atoms with Crippen molar-refractivity contribution in [3.8, 4) is 0 Å². The lowest BCUT2D eigenvalue weighted by Gasteiger charge is -2.41. The number of rotatable bonds is 0. The summed E-state index contributed by atoms with van der Waals surface area (Å²) < 4.78 is 0. The second-order valence-electron chi connectivity index (χ2n) is 5.20. The Balaban J connectivity index is 2.02. The van der Waals surface area contributed by atoms with Crippen molar-refractivity contribution in [3.63, 3.8) is 0 Å². The fourth-order valence-electron chi connectivity index (χ4n) is 3.30. The molecule has 0 radical (unpaired) electrons. The number of amides is 1. The largest absolute Gasteiger partial charge is 0.369 e. The van der Waals surface area contributed by atoms with Crippen LogP contribution in [-0.4, -0.2) is 28.1 Å². The first-order chi connectivity index (χ1) is 7.60. The predicted octanol–water partition coefficient (Wildman–Crippen LogP) is 2.31. The molecule has 3 rings (SSSR count). The van der Waals surface area contributed by atoms with Crippen molar-refractivity contribution >= 4 is 22.7 Å². The van der Waals surface area contributed by atoms with Crippen molar-refractivity contribution in [2.45, 2.75) is 38.1 Å². The minimum Gasteiger partial charge on any atom is -0.369 e. The predicted molar refractivity (Wildman–Crippen MR) is 63.4 cm³/mol. The smallest absolute Gasteiger partial charge is 0.256 e. The lowest BCUT2D eigenvalue weighted by Crippen LogP contribution is -2.43. The van der Waals surface area contributed by atoms with E-state index in [0.717, 1.165) is 18.7 Å². The van der Waals surface area contributed by atoms with Gasteiger partial charge in [-0.25, -0.2) is 4.99 Å². The Morgan fingerprint density at radius 1 is 1.56 bits per heavy atom. The molecule has 0 aliphatic carbocycles. The number of dihydropyridines is 1. The van der Waals surface area contributed by atoms with E-state index in [1.54, 1.807) is 0 Å². The van der Waals surface area contributed by atoms with Gasteiger partial charge in [-0.3, -0.25) is 4.79 Å². The van der Waals surface area contributed by atoms with E-state index in [-0.39, 0.29) is 17.4 Å². The number of nitrogens with zero attached hydrogens (tertiary/aromatic N) is 2. The molecule has 3 aliphatic rings. The van der Waals surface area contributed by atoms with Gasteiger partial charge in [0.05, 0.1) is 5.92 Å². The summed E-state index contributed by atoms with van der Waals surface area (Å²) in [4.78, 5) is 18.1. The van der Waals surface area contributed by atoms with E-state index in [2.05, 4.69) is 16.8 Å². The maximum absolute atomic E-state index is 11.8. The second kappa shape index (κ2) is 3.33. The summed E-state index contributed by atoms with van der Waals surface area (Å²) in [7, 11) is 0. The van der Waals surface area contributed by atoms with Gasteiger partial charge in [-0.2, -0.15) is 0 Å². The molecule has 3 nitrogen and oxygen atoms in total. The lowest BCUT2D eigenvalue weighted by molar-refractivity contribution is -0.120. The number of piperidine rings is 1. The Morgan fingerprint density at radius 3 is 3.19 bits per heavy atom. The molecule has 0 bridgehead atoms. The molecule has 2 saturated heterocycles. The molecule has 0 aromatic carbocycles. The van der Waals surface area contributed by atoms with Gasteiger partial charge in [0.25, 0.3) is 5.91 Å². The van der Waals surface area contributed by atoms with Crippen LogP contribution in [0.2, 0.25) is 0 Å². The molecule has 3 aliphatic heterocycles. The van der Waals surface area contributed by atoms with Crippen LogP contribution in [0.3, 0.4) is 0 Å². The van der Waals surface area contributed by atoms with Crippen LogP contribution >= 0.6 is 11.6 Å². The van der Waals surface area contributed by atoms with Gasteiger partial charge in [-0.1, -0.05) is 11.6 Å². The van der Waals surface area contributed by atoms with Crippen molar-refractivity contribution in [1.29, 1.82) is 0 Å². The zero-order valence-electron chi connectivity index (χ0n) is 9.37. The molecular weight excluding hydrogens is 224 g/mol. The summed E-state index contributed by atoms with van der Waals surface area (Å²) >= 11 is 5.88. The van der Waals surface area contributed by atoms with Crippen LogP contribution in [-0.2, 0) is 4.79 Å². The molecule has 3 heterocycles. The maximum Gasteiger partial charge on any atom is 0.256 e. The molecule has 86 valence electrons. The Hall–Kier alpha value is -0.830. The molecule has 0 spiro atoms. The first-order valence-electron chi connectivity index (χ1n) is 5.87. The van der Waals surface area contributed by atoms with Crippen LogP contribution in [0.5, 0.6) is 0 Å². The Labute approximate surface area is 100 Å². The van der Waals surface area contributed by atoms with Crippen molar-refractivity contribution in [2.24, 2.45) is 10.9 Å². The summed E-state index contributed by atoms with van der Waals surface area (Å²) in [6.45, 7) is 3.31. The van der Waals surface area contributed by atoms with Gasteiger partial charge in [-0.05, 0) is 38.7 Å². The van der Waals surface area contributed by atoms with Crippen molar-refractivity contribution in [2.75, 3.05) is 6.54 Å². The molecule has 0 aromatic rings. The molecule has 0 saturated carbocycles. The zero-order valence-corrected chi connectivity index (χ0v) is 10.1. The molecule has 0 aromatic heterocycles. The highest BCUT2D eigenvalue weighted by Crippen LogP contribution is 2.47. The molecular formula is C12H15ClN2O. The fraction of sp³-hybridized carbons (Fsp3) is 0.667. The first kappa shape index (κ1) is 10.3. The Kier molecular flexibility index (Phi) is 2.15. The quantitative estimate of drug-likeness (QED) is 0.649. The standard InChI is InChI=1S/C12H15ClN2O/c1-12-4-2-3-5-15(12)9-6-10(13)14-11(16)8(9)7-12/h6,8H,2-5,7H2,1H3. The van der Waals surface area contributed by atoms with Crippen molar-refractivity contribution < 1.29 is 4.79 Å². The van der Waals surface area contributed by atoms with Gasteiger partial charge in [0, 0.05) is 17.8 Å². The topological polar surface area (TPSA) is 32.7 Å². The number of carbonyl (C=O) groups excluding carboxylic acids is 1. The molecule has 4 heteroatoms. The Bertz CT molecular complexity index is 415. The monoisotopic (exact) mass is 238 g/mol. The molecule has 2 fully saturated rings. The first-order valence-corrected chi connectivity index (χ1v) is 6.25. The van der Waals surface area contributed by atoms with Gasteiger partial charge < -0.3 is 4.90 Å². The third kappa shape index (κ3) is 1.34. The Morgan fingerprint density at radius 2 is 2.38 bits per heavy atom. The highest BCUT2D eigenvalue weighted by molar-refractivity contribution is 6.69. The third-order valence-electron chi connectivity index (χ3n) is 4.09. The minimum absolute atomic E-state index is 0.0365. The van der Waals surface area contributed by atoms with Crippen LogP contribution < -0.4 is 0 Å². The van der Waals surface area contributed by atoms with Crippen LogP contribution in [0, 0.1) is 5.92 Å². The number of allylic oxidation sites excluding steroid dienone is 1. The van der Waals surface area contributed by atoms with E-state index in [9.17, 15) is 4.79 Å². The average Bonchev–Trinajstić information content (AvgIpc) is 2.52. The summed E-state index contributed by atoms with van der Waals surface area (Å²) in [5.74, 6) is -0.0938. The summed E-state index contributed by atoms with van der Waals surface area (Å²) in [6, 6.07) is 0. The highest BCUT2D eigenvalue weighted by Gasteiger charge is 2.49. The average molecular weight is 239 g/mol. The second-order valence-corrected chi connectivity index (χ2v) is 5.59. The molecule has 1 amide bonds. The van der Waals surface area contributed by atoms with Crippen LogP contribution in [0.4, 0.5) is 0 Å². The van der Waals surface area contributed by atoms with Crippen LogP contribution in [0.15, 0.2) is 16.8 Å². The molecule has 2 atom stereocenters. The number of hydrogen-bond acceptors (Lipinski definition) is 2. The SMILES string of the molecule is CC12CCCCN1C1=CC(Cl)=NC(=O)C1C2. The minimum atomic E-state index is -0.0573. The molecule has 16 heavy (non-hydrogen) atoms. The number of halogens is 1. The van der Waals surface area contributed by atoms with Crippen LogP contribution in [0.25, 0.3) is 0 Å². The van der Waals surface area contributed by atoms with E-state index < -0.39 is 0 Å². The van der Waals surface area contributed by atoms with Gasteiger partial charge in [0.15, 0.2) is 0 Å². The van der Waals surface area contributed by atoms with E-state index >= 15 is 0 Å². The van der Waals surface area contributed by atoms with Crippen molar-refractivity contribution in [1.82, 2.24) is 4.90 Å². The molecule has 2 unspecified atom stereocenters. The zero-order chi connectivity index (χ0) is 11.3. The van der Waals surface area contributed by atoms with Gasteiger partial charge in [-0.15, -0.1) is 0 Å². The number of fused-ring (bicyclic) bond motifs is 3. The summed E-state index contributed by atoms with van der Waals surface area (Å²) in [5.41, 5.74) is 1.26. The third-order valence-corrected chi connectivity index (χ3v) is 4.29. The fourth-order valence-corrected chi connectivity index (χ4v) is 3.49. The van der Waals surface area contributed by atoms with E-state index in [4.69, 9.17) is 11.6 Å². The van der Waals surface area contributed by atoms with Gasteiger partial charge >= 0.3 is 0 Å². The lowest BCUT2D eigenvalue weighted by atomic mass is 9.86. The van der Waals surface area contributed by atoms with E-state index in [1.807, 2.05) is 6.08 Å². The summed E-state index contributed by atoms with van der Waals surface area (Å²) in [6.07, 6.45) is 6.43. The van der Waals surface area contributed by atoms with Crippen LogP contribution in [0.1, 0.15) is 32.6 Å². The van der Waals surface area contributed by atoms with E-state index in [1.165, 1.54) is 19.3 Å². The van der Waals surface area contributed by atoms with Gasteiger partial charge in [0.2, 0.25) is 0 Å². The van der Waals surface area contributed by atoms with Gasteiger partial charge in [0.1, 0.15) is 5.17 Å².